The molecule has 2 aliphatic rings. The van der Waals surface area contributed by atoms with Gasteiger partial charge in [-0.15, -0.1) is 0 Å². The number of hydrogen-bond acceptors (Lipinski definition) is 4. The fraction of sp³-hybridized carbons (Fsp3) is 0.444. The normalized spacial score (nSPS) is 19.7. The molecule has 2 aromatic carbocycles. The van der Waals surface area contributed by atoms with Crippen molar-refractivity contribution in [1.82, 2.24) is 10.6 Å². The van der Waals surface area contributed by atoms with Crippen LogP contribution in [0.4, 0.5) is 4.79 Å². The van der Waals surface area contributed by atoms with Gasteiger partial charge in [0.15, 0.2) is 0 Å². The van der Waals surface area contributed by atoms with E-state index in [9.17, 15) is 19.5 Å². The van der Waals surface area contributed by atoms with Crippen molar-refractivity contribution in [3.8, 4) is 11.1 Å². The minimum atomic E-state index is -1.02. The van der Waals surface area contributed by atoms with E-state index in [-0.39, 0.29) is 36.8 Å². The standard InChI is InChI=1S/C27H32N2O5/c1-2-8-24(26(31)32)28-25(30)15-17-9-7-14-23(17)29-27(33)34-16-22-20-12-5-3-10-18(20)19-11-4-6-13-21(19)22/h3-6,10-13,17,22-24H,2,7-9,14-16H2,1H3,(H,28,30)(H,29,33)(H,31,32)/t17?,23?,24-/m0/s1. The van der Waals surface area contributed by atoms with Crippen LogP contribution >= 0.6 is 0 Å². The monoisotopic (exact) mass is 464 g/mol. The third kappa shape index (κ3) is 5.24. The molecule has 2 aliphatic carbocycles. The third-order valence-corrected chi connectivity index (χ3v) is 6.96. The van der Waals surface area contributed by atoms with Gasteiger partial charge in [0.2, 0.25) is 5.91 Å². The second kappa shape index (κ2) is 10.7. The van der Waals surface area contributed by atoms with Crippen LogP contribution in [-0.2, 0) is 14.3 Å². The molecule has 1 fully saturated rings. The van der Waals surface area contributed by atoms with Gasteiger partial charge in [0.25, 0.3) is 0 Å². The molecular formula is C27H32N2O5. The van der Waals surface area contributed by atoms with Gasteiger partial charge in [-0.2, -0.15) is 0 Å². The van der Waals surface area contributed by atoms with Crippen LogP contribution in [0.2, 0.25) is 0 Å². The average Bonchev–Trinajstić information content (AvgIpc) is 3.39. The lowest BCUT2D eigenvalue weighted by Crippen LogP contribution is -2.43. The van der Waals surface area contributed by atoms with Crippen LogP contribution in [0, 0.1) is 5.92 Å². The summed E-state index contributed by atoms with van der Waals surface area (Å²) in [5.41, 5.74) is 4.67. The minimum absolute atomic E-state index is 0.00480. The summed E-state index contributed by atoms with van der Waals surface area (Å²) in [7, 11) is 0. The van der Waals surface area contributed by atoms with Crippen LogP contribution in [0.15, 0.2) is 48.5 Å². The van der Waals surface area contributed by atoms with E-state index in [0.717, 1.165) is 30.4 Å². The number of carboxylic acid groups (broad SMARTS) is 1. The van der Waals surface area contributed by atoms with Gasteiger partial charge in [0, 0.05) is 18.4 Å². The van der Waals surface area contributed by atoms with E-state index in [1.54, 1.807) is 0 Å². The quantitative estimate of drug-likeness (QED) is 0.508. The first-order valence-corrected chi connectivity index (χ1v) is 12.1. The Hall–Kier alpha value is -3.35. The Morgan fingerprint density at radius 1 is 1.03 bits per heavy atom. The van der Waals surface area contributed by atoms with Crippen LogP contribution in [0.3, 0.4) is 0 Å². The molecule has 7 heteroatoms. The second-order valence-corrected chi connectivity index (χ2v) is 9.22. The number of alkyl carbamates (subject to hydrolysis) is 1. The molecular weight excluding hydrogens is 432 g/mol. The molecule has 3 atom stereocenters. The highest BCUT2D eigenvalue weighted by molar-refractivity contribution is 5.83. The van der Waals surface area contributed by atoms with E-state index in [0.29, 0.717) is 12.8 Å². The molecule has 0 heterocycles. The number of carboxylic acids is 1. The topological polar surface area (TPSA) is 105 Å². The number of carbonyl (C=O) groups excluding carboxylic acids is 2. The van der Waals surface area contributed by atoms with E-state index in [2.05, 4.69) is 34.9 Å². The number of rotatable bonds is 9. The number of carbonyl (C=O) groups is 3. The Morgan fingerprint density at radius 3 is 2.29 bits per heavy atom. The maximum atomic E-state index is 12.7. The van der Waals surface area contributed by atoms with Crippen LogP contribution in [0.1, 0.15) is 62.5 Å². The molecule has 0 spiro atoms. The molecule has 2 aromatic rings. The molecule has 34 heavy (non-hydrogen) atoms. The highest BCUT2D eigenvalue weighted by Gasteiger charge is 2.33. The summed E-state index contributed by atoms with van der Waals surface area (Å²) < 4.78 is 5.65. The lowest BCUT2D eigenvalue weighted by Gasteiger charge is -2.22. The molecule has 180 valence electrons. The Bertz CT molecular complexity index is 1010. The first-order valence-electron chi connectivity index (χ1n) is 12.1. The number of ether oxygens (including phenoxy) is 1. The highest BCUT2D eigenvalue weighted by Crippen LogP contribution is 2.44. The summed E-state index contributed by atoms with van der Waals surface area (Å²) in [6.07, 6.45) is 3.28. The summed E-state index contributed by atoms with van der Waals surface area (Å²) in [6, 6.07) is 15.4. The lowest BCUT2D eigenvalue weighted by molar-refractivity contribution is -0.142. The van der Waals surface area contributed by atoms with E-state index >= 15 is 0 Å². The second-order valence-electron chi connectivity index (χ2n) is 9.22. The van der Waals surface area contributed by atoms with Gasteiger partial charge < -0.3 is 20.5 Å². The predicted octanol–water partition coefficient (Wildman–Crippen LogP) is 4.45. The number of hydrogen-bond donors (Lipinski definition) is 3. The largest absolute Gasteiger partial charge is 0.480 e. The van der Waals surface area contributed by atoms with E-state index < -0.39 is 18.1 Å². The third-order valence-electron chi connectivity index (χ3n) is 6.96. The van der Waals surface area contributed by atoms with E-state index in [1.807, 2.05) is 31.2 Å². The number of benzene rings is 2. The molecule has 2 unspecified atom stereocenters. The highest BCUT2D eigenvalue weighted by atomic mass is 16.5. The van der Waals surface area contributed by atoms with Gasteiger partial charge >= 0.3 is 12.1 Å². The van der Waals surface area contributed by atoms with E-state index in [1.165, 1.54) is 11.1 Å². The van der Waals surface area contributed by atoms with E-state index in [4.69, 9.17) is 4.74 Å². The molecule has 0 aliphatic heterocycles. The molecule has 2 amide bonds. The summed E-state index contributed by atoms with van der Waals surface area (Å²) in [6.45, 7) is 2.13. The smallest absolute Gasteiger partial charge is 0.407 e. The van der Waals surface area contributed by atoms with Gasteiger partial charge in [0.05, 0.1) is 0 Å². The molecule has 0 bridgehead atoms. The van der Waals surface area contributed by atoms with Crippen molar-refractivity contribution >= 4 is 18.0 Å². The van der Waals surface area contributed by atoms with Gasteiger partial charge in [-0.1, -0.05) is 68.3 Å². The van der Waals surface area contributed by atoms with Gasteiger partial charge in [-0.3, -0.25) is 4.79 Å². The Balaban J connectivity index is 1.32. The Labute approximate surface area is 199 Å². The molecule has 0 aromatic heterocycles. The van der Waals surface area contributed by atoms with Gasteiger partial charge in [-0.25, -0.2) is 9.59 Å². The number of nitrogens with one attached hydrogen (secondary N) is 2. The molecule has 7 nitrogen and oxygen atoms in total. The SMILES string of the molecule is CCC[C@H](NC(=O)CC1CCCC1NC(=O)OCC1c2ccccc2-c2ccccc21)C(=O)O. The van der Waals surface area contributed by atoms with Crippen molar-refractivity contribution in [2.75, 3.05) is 6.61 Å². The number of aliphatic carboxylic acids is 1. The molecule has 0 radical (unpaired) electrons. The molecule has 4 rings (SSSR count). The zero-order valence-electron chi connectivity index (χ0n) is 19.5. The predicted molar refractivity (Wildman–Crippen MR) is 128 cm³/mol. The first-order chi connectivity index (χ1) is 16.5. The minimum Gasteiger partial charge on any atom is -0.480 e. The van der Waals surface area contributed by atoms with Crippen molar-refractivity contribution in [3.05, 3.63) is 59.7 Å². The van der Waals surface area contributed by atoms with Crippen molar-refractivity contribution in [2.45, 2.75) is 63.5 Å². The van der Waals surface area contributed by atoms with Gasteiger partial charge in [0.1, 0.15) is 12.6 Å². The number of amides is 2. The molecule has 3 N–H and O–H groups in total. The summed E-state index contributed by atoms with van der Waals surface area (Å²) >= 11 is 0. The summed E-state index contributed by atoms with van der Waals surface area (Å²) in [4.78, 5) is 36.4. The average molecular weight is 465 g/mol. The molecule has 1 saturated carbocycles. The van der Waals surface area contributed by atoms with Crippen LogP contribution in [0.25, 0.3) is 11.1 Å². The van der Waals surface area contributed by atoms with Crippen molar-refractivity contribution < 1.29 is 24.2 Å². The summed E-state index contributed by atoms with van der Waals surface area (Å²) in [5, 5.41) is 14.8. The Kier molecular flexibility index (Phi) is 7.50. The fourth-order valence-electron chi connectivity index (χ4n) is 5.30. The number of fused-ring (bicyclic) bond motifs is 3. The zero-order chi connectivity index (χ0) is 24.1. The van der Waals surface area contributed by atoms with Crippen LogP contribution in [0.5, 0.6) is 0 Å². The zero-order valence-corrected chi connectivity index (χ0v) is 19.5. The molecule has 0 saturated heterocycles. The van der Waals surface area contributed by atoms with Crippen molar-refractivity contribution in [2.24, 2.45) is 5.92 Å². The summed E-state index contributed by atoms with van der Waals surface area (Å²) in [5.74, 6) is -1.34. The first kappa shape index (κ1) is 23.8. The van der Waals surface area contributed by atoms with Gasteiger partial charge in [-0.05, 0) is 47.4 Å². The lowest BCUT2D eigenvalue weighted by atomic mass is 9.98. The van der Waals surface area contributed by atoms with Crippen molar-refractivity contribution in [1.29, 1.82) is 0 Å². The maximum absolute atomic E-state index is 12.7. The van der Waals surface area contributed by atoms with Crippen LogP contribution in [-0.4, -0.2) is 41.8 Å². The Morgan fingerprint density at radius 2 is 1.68 bits per heavy atom. The fourth-order valence-corrected chi connectivity index (χ4v) is 5.30. The maximum Gasteiger partial charge on any atom is 0.407 e. The van der Waals surface area contributed by atoms with Crippen molar-refractivity contribution in [3.63, 3.8) is 0 Å². The van der Waals surface area contributed by atoms with Crippen LogP contribution < -0.4 is 10.6 Å².